The van der Waals surface area contributed by atoms with Crippen molar-refractivity contribution in [2.24, 2.45) is 0 Å². The van der Waals surface area contributed by atoms with Gasteiger partial charge >= 0.3 is 6.09 Å². The molecule has 5 heteroatoms. The molecule has 0 heterocycles. The van der Waals surface area contributed by atoms with E-state index < -0.39 is 0 Å². The van der Waals surface area contributed by atoms with Crippen LogP contribution in [0.5, 0.6) is 0 Å². The fourth-order valence-corrected chi connectivity index (χ4v) is 2.56. The third-order valence-corrected chi connectivity index (χ3v) is 3.68. The average molecular weight is 315 g/mol. The van der Waals surface area contributed by atoms with E-state index >= 15 is 0 Å². The van der Waals surface area contributed by atoms with Crippen molar-refractivity contribution in [2.75, 3.05) is 0 Å². The molecule has 0 aromatic carbocycles. The Balaban J connectivity index is 2.39. The van der Waals surface area contributed by atoms with Crippen molar-refractivity contribution in [3.05, 3.63) is 12.2 Å². The molecule has 0 bridgehead atoms. The molecular formula is C16H29NO3S. The number of carbonyl (C=O) groups excluding carboxylic acids is 1. The smallest absolute Gasteiger partial charge is 0.417 e. The molecule has 1 aliphatic carbocycles. The summed E-state index contributed by atoms with van der Waals surface area (Å²) in [6.07, 6.45) is 7.55. The van der Waals surface area contributed by atoms with Crippen LogP contribution in [-0.4, -0.2) is 29.2 Å². The summed E-state index contributed by atoms with van der Waals surface area (Å²) in [6, 6.07) is 0. The van der Waals surface area contributed by atoms with Gasteiger partial charge in [0, 0.05) is 5.25 Å². The second kappa shape index (κ2) is 8.69. The summed E-state index contributed by atoms with van der Waals surface area (Å²) in [5.74, 6) is 0. The second-order valence-corrected chi connectivity index (χ2v) is 8.04. The van der Waals surface area contributed by atoms with Gasteiger partial charge in [0.25, 0.3) is 0 Å². The SMILES string of the molecule is CC(C)SNC(=O)OC1/C=C/CC(OC(C)(C)C)CCC1. The molecule has 1 N–H and O–H groups in total. The first-order chi connectivity index (χ1) is 9.76. The molecule has 0 spiro atoms. The predicted molar refractivity (Wildman–Crippen MR) is 88.4 cm³/mol. The van der Waals surface area contributed by atoms with Crippen molar-refractivity contribution < 1.29 is 14.3 Å². The highest BCUT2D eigenvalue weighted by molar-refractivity contribution is 7.98. The van der Waals surface area contributed by atoms with Crippen LogP contribution in [0.1, 0.15) is 60.3 Å². The zero-order valence-electron chi connectivity index (χ0n) is 13.8. The Morgan fingerprint density at radius 1 is 1.33 bits per heavy atom. The fourth-order valence-electron chi connectivity index (χ4n) is 2.18. The Morgan fingerprint density at radius 3 is 2.67 bits per heavy atom. The average Bonchev–Trinajstić information content (AvgIpc) is 2.31. The number of carbonyl (C=O) groups is 1. The van der Waals surface area contributed by atoms with Crippen LogP contribution < -0.4 is 4.72 Å². The summed E-state index contributed by atoms with van der Waals surface area (Å²) in [6.45, 7) is 10.3. The van der Waals surface area contributed by atoms with Crippen LogP contribution in [0.4, 0.5) is 4.79 Å². The van der Waals surface area contributed by atoms with Crippen molar-refractivity contribution >= 4 is 18.0 Å². The highest BCUT2D eigenvalue weighted by Gasteiger charge is 2.21. The molecule has 2 atom stereocenters. The molecule has 21 heavy (non-hydrogen) atoms. The van der Waals surface area contributed by atoms with Crippen LogP contribution in [0.25, 0.3) is 0 Å². The number of nitrogens with one attached hydrogen (secondary N) is 1. The van der Waals surface area contributed by atoms with Gasteiger partial charge in [-0.1, -0.05) is 19.9 Å². The summed E-state index contributed by atoms with van der Waals surface area (Å²) in [5, 5.41) is 0.348. The molecule has 1 amide bonds. The van der Waals surface area contributed by atoms with Crippen molar-refractivity contribution in [3.8, 4) is 0 Å². The van der Waals surface area contributed by atoms with Gasteiger partial charge in [0.1, 0.15) is 6.10 Å². The van der Waals surface area contributed by atoms with E-state index in [0.29, 0.717) is 5.25 Å². The van der Waals surface area contributed by atoms with Gasteiger partial charge in [-0.3, -0.25) is 4.72 Å². The van der Waals surface area contributed by atoms with Crippen molar-refractivity contribution in [2.45, 2.75) is 83.4 Å². The zero-order chi connectivity index (χ0) is 15.9. The summed E-state index contributed by atoms with van der Waals surface area (Å²) in [4.78, 5) is 11.7. The number of ether oxygens (including phenoxy) is 2. The van der Waals surface area contributed by atoms with Crippen molar-refractivity contribution in [1.29, 1.82) is 0 Å². The van der Waals surface area contributed by atoms with Crippen molar-refractivity contribution in [3.63, 3.8) is 0 Å². The summed E-state index contributed by atoms with van der Waals surface area (Å²) in [5.41, 5.74) is -0.110. The highest BCUT2D eigenvalue weighted by Crippen LogP contribution is 2.22. The first-order valence-electron chi connectivity index (χ1n) is 7.73. The topological polar surface area (TPSA) is 47.6 Å². The maximum atomic E-state index is 11.7. The minimum absolute atomic E-state index is 0.110. The van der Waals surface area contributed by atoms with Crippen LogP contribution in [-0.2, 0) is 9.47 Å². The number of hydrogen-bond donors (Lipinski definition) is 1. The Labute approximate surface area is 133 Å². The maximum absolute atomic E-state index is 11.7. The van der Waals surface area contributed by atoms with Gasteiger partial charge in [0.05, 0.1) is 11.7 Å². The van der Waals surface area contributed by atoms with Gasteiger partial charge in [-0.2, -0.15) is 0 Å². The van der Waals surface area contributed by atoms with Gasteiger partial charge in [-0.05, 0) is 64.5 Å². The van der Waals surface area contributed by atoms with Crippen LogP contribution in [0.15, 0.2) is 12.2 Å². The van der Waals surface area contributed by atoms with Gasteiger partial charge in [0.15, 0.2) is 0 Å². The lowest BCUT2D eigenvalue weighted by molar-refractivity contribution is -0.0633. The molecule has 2 unspecified atom stereocenters. The van der Waals surface area contributed by atoms with E-state index in [-0.39, 0.29) is 23.9 Å². The molecule has 0 fully saturated rings. The van der Waals surface area contributed by atoms with Gasteiger partial charge in [0.2, 0.25) is 0 Å². The highest BCUT2D eigenvalue weighted by atomic mass is 32.2. The van der Waals surface area contributed by atoms with E-state index in [4.69, 9.17) is 9.47 Å². The minimum atomic E-state index is -0.355. The quantitative estimate of drug-likeness (QED) is 0.615. The molecule has 4 nitrogen and oxygen atoms in total. The third-order valence-electron chi connectivity index (χ3n) is 2.92. The molecule has 0 aromatic heterocycles. The first-order valence-corrected chi connectivity index (χ1v) is 8.61. The van der Waals surface area contributed by atoms with E-state index in [9.17, 15) is 4.79 Å². The largest absolute Gasteiger partial charge is 0.441 e. The Bertz CT molecular complexity index is 350. The van der Waals surface area contributed by atoms with Gasteiger partial charge in [-0.15, -0.1) is 0 Å². The Kier molecular flexibility index (Phi) is 7.60. The van der Waals surface area contributed by atoms with Crippen LogP contribution in [0.3, 0.4) is 0 Å². The van der Waals surface area contributed by atoms with Crippen LogP contribution >= 0.6 is 11.9 Å². The summed E-state index contributed by atoms with van der Waals surface area (Å²) < 4.78 is 14.1. The standard InChI is InChI=1S/C16H29NO3S/c1-12(2)21-17-15(18)19-13-8-6-10-14(11-7-9-13)20-16(3,4)5/h6,8,12-14H,7,9-11H2,1-5H3,(H,17,18)/b8-6+. The maximum Gasteiger partial charge on any atom is 0.417 e. The molecule has 0 saturated carbocycles. The molecule has 0 saturated heterocycles. The van der Waals surface area contributed by atoms with Crippen LogP contribution in [0.2, 0.25) is 0 Å². The van der Waals surface area contributed by atoms with E-state index in [1.807, 2.05) is 19.9 Å². The Morgan fingerprint density at radius 2 is 2.05 bits per heavy atom. The molecule has 0 aromatic rings. The number of amides is 1. The lowest BCUT2D eigenvalue weighted by Gasteiger charge is -2.28. The molecule has 0 aliphatic heterocycles. The van der Waals surface area contributed by atoms with E-state index in [0.717, 1.165) is 25.7 Å². The lowest BCUT2D eigenvalue weighted by atomic mass is 10.0. The molecule has 1 aliphatic rings. The fraction of sp³-hybridized carbons (Fsp3) is 0.812. The number of hydrogen-bond acceptors (Lipinski definition) is 4. The molecule has 1 rings (SSSR count). The van der Waals surface area contributed by atoms with E-state index in [2.05, 4.69) is 31.6 Å². The lowest BCUT2D eigenvalue weighted by Crippen LogP contribution is -2.29. The minimum Gasteiger partial charge on any atom is -0.441 e. The first kappa shape index (κ1) is 18.4. The molecular weight excluding hydrogens is 286 g/mol. The normalized spacial score (nSPS) is 25.0. The van der Waals surface area contributed by atoms with Crippen LogP contribution in [0, 0.1) is 0 Å². The van der Waals surface area contributed by atoms with Gasteiger partial charge in [-0.25, -0.2) is 4.79 Å². The van der Waals surface area contributed by atoms with Crippen molar-refractivity contribution in [1.82, 2.24) is 4.72 Å². The third kappa shape index (κ3) is 9.04. The summed E-state index contributed by atoms with van der Waals surface area (Å²) in [7, 11) is 0. The molecule has 122 valence electrons. The number of rotatable bonds is 4. The van der Waals surface area contributed by atoms with E-state index in [1.165, 1.54) is 11.9 Å². The monoisotopic (exact) mass is 315 g/mol. The summed E-state index contributed by atoms with van der Waals surface area (Å²) >= 11 is 1.38. The zero-order valence-corrected chi connectivity index (χ0v) is 14.7. The second-order valence-electron chi connectivity index (χ2n) is 6.66. The van der Waals surface area contributed by atoms with Gasteiger partial charge < -0.3 is 9.47 Å². The Hall–Kier alpha value is -0.680. The van der Waals surface area contributed by atoms with E-state index in [1.54, 1.807) is 0 Å². The molecule has 0 radical (unpaired) electrons. The predicted octanol–water partition coefficient (Wildman–Crippen LogP) is 4.45.